The summed E-state index contributed by atoms with van der Waals surface area (Å²) in [6, 6.07) is 16.5. The number of halogens is 1. The van der Waals surface area contributed by atoms with Gasteiger partial charge in [0.05, 0.1) is 80.1 Å². The van der Waals surface area contributed by atoms with E-state index in [0.717, 1.165) is 76.2 Å². The number of aromatic amines is 1. The molecule has 8 aromatic rings. The number of hydrogen-bond acceptors (Lipinski definition) is 13. The molecule has 8 heterocycles. The number of fused-ring (bicyclic) bond motifs is 2. The summed E-state index contributed by atoms with van der Waals surface area (Å²) in [4.78, 5) is 62.3. The Morgan fingerprint density at radius 2 is 1.24 bits per heavy atom. The predicted molar refractivity (Wildman–Crippen MR) is 255 cm³/mol. The summed E-state index contributed by atoms with van der Waals surface area (Å²) < 4.78 is 18.6. The second-order valence-electron chi connectivity index (χ2n) is 16.4. The average molecular weight is 919 g/mol. The van der Waals surface area contributed by atoms with Crippen LogP contribution in [0, 0.1) is 0 Å². The second-order valence-corrected chi connectivity index (χ2v) is 16.7. The lowest BCUT2D eigenvalue weighted by molar-refractivity contribution is 0.0921. The molecule has 0 unspecified atom stereocenters. The third-order valence-corrected chi connectivity index (χ3v) is 12.7. The summed E-state index contributed by atoms with van der Waals surface area (Å²) in [6.45, 7) is 9.39. The fraction of sp³-hybridized carbons (Fsp3) is 0.265. The van der Waals surface area contributed by atoms with E-state index in [2.05, 4.69) is 62.5 Å². The van der Waals surface area contributed by atoms with Gasteiger partial charge >= 0.3 is 0 Å². The van der Waals surface area contributed by atoms with Crippen molar-refractivity contribution in [3.63, 3.8) is 0 Å². The minimum absolute atomic E-state index is 0.0211. The summed E-state index contributed by atoms with van der Waals surface area (Å²) >= 11 is 7.28. The van der Waals surface area contributed by atoms with Gasteiger partial charge in [-0.2, -0.15) is 0 Å². The molecule has 6 aromatic heterocycles. The number of carbonyl (C=O) groups is 2. The van der Waals surface area contributed by atoms with E-state index in [1.807, 2.05) is 85.7 Å². The molecule has 2 aliphatic rings. The Morgan fingerprint density at radius 3 is 1.87 bits per heavy atom. The SMILES string of the molecule is COc1ccccc1[C@H](C)NC(=O)c1ncc(-c2cn(-c3cccc([C@H](C)NC(=O)c4ncc(-c5c[nH]c6ncc(N7CCOCC7)cc56)cn4)c3Cl)c3ncc(N4CCOCC4)cc23)cn1. The highest BCUT2D eigenvalue weighted by Gasteiger charge is 2.24. The fourth-order valence-corrected chi connectivity index (χ4v) is 9.04. The molecular weight excluding hydrogens is 872 g/mol. The lowest BCUT2D eigenvalue weighted by atomic mass is 10.1. The first-order chi connectivity index (χ1) is 32.7. The van der Waals surface area contributed by atoms with E-state index in [0.29, 0.717) is 59.7 Å². The Hall–Kier alpha value is -7.47. The van der Waals surface area contributed by atoms with Crippen molar-refractivity contribution in [2.75, 3.05) is 69.5 Å². The number of nitrogens with one attached hydrogen (secondary N) is 3. The standard InChI is InChI=1S/C49H47ClN12O5/c1-29(35-7-4-5-10-42(35)65-3)58-48(63)45-53-23-32(24-54-45)40-28-62(47-38(40)20-34(26-57-47)61-13-17-67-18-14-61)41-9-6-8-36(43(41)50)30(2)59-49(64)46-51-21-31(22-52-46)39-27-56-44-37(39)19-33(25-55-44)60-11-15-66-16-12-60/h4-10,19-30H,11-18H2,1-3H3,(H,55,56)(H,58,63)(H,59,64)/t29-,30-/m0/s1. The Bertz CT molecular complexity index is 3090. The molecule has 17 nitrogen and oxygen atoms in total. The number of para-hydroxylation sites is 1. The quantitative estimate of drug-likeness (QED) is 0.112. The van der Waals surface area contributed by atoms with Crippen LogP contribution >= 0.6 is 11.6 Å². The minimum Gasteiger partial charge on any atom is -0.496 e. The van der Waals surface area contributed by atoms with Gasteiger partial charge < -0.3 is 39.6 Å². The van der Waals surface area contributed by atoms with Gasteiger partial charge in [0, 0.05) is 102 Å². The van der Waals surface area contributed by atoms with Crippen molar-refractivity contribution in [2.45, 2.75) is 25.9 Å². The zero-order chi connectivity index (χ0) is 46.0. The molecule has 0 spiro atoms. The minimum atomic E-state index is -0.526. The van der Waals surface area contributed by atoms with Gasteiger partial charge in [-0.3, -0.25) is 14.2 Å². The smallest absolute Gasteiger partial charge is 0.289 e. The first kappa shape index (κ1) is 43.4. The van der Waals surface area contributed by atoms with Crippen molar-refractivity contribution >= 4 is 56.9 Å². The molecule has 2 amide bonds. The molecule has 2 aromatic carbocycles. The van der Waals surface area contributed by atoms with Crippen LogP contribution in [0.5, 0.6) is 5.75 Å². The molecule has 67 heavy (non-hydrogen) atoms. The molecule has 0 aliphatic carbocycles. The maximum Gasteiger partial charge on any atom is 0.289 e. The molecule has 340 valence electrons. The molecule has 0 saturated carbocycles. The van der Waals surface area contributed by atoms with Gasteiger partial charge in [-0.05, 0) is 43.7 Å². The number of anilines is 2. The van der Waals surface area contributed by atoms with E-state index in [9.17, 15) is 9.59 Å². The molecule has 2 fully saturated rings. The van der Waals surface area contributed by atoms with E-state index in [-0.39, 0.29) is 17.7 Å². The van der Waals surface area contributed by atoms with Crippen molar-refractivity contribution < 1.29 is 23.8 Å². The van der Waals surface area contributed by atoms with E-state index < -0.39 is 17.9 Å². The third-order valence-electron chi connectivity index (χ3n) is 12.3. The van der Waals surface area contributed by atoms with Crippen molar-refractivity contribution in [1.29, 1.82) is 0 Å². The van der Waals surface area contributed by atoms with Crippen molar-refractivity contribution in [3.8, 4) is 33.7 Å². The average Bonchev–Trinajstić information content (AvgIpc) is 3.98. The molecule has 2 aliphatic heterocycles. The largest absolute Gasteiger partial charge is 0.496 e. The van der Waals surface area contributed by atoms with E-state index >= 15 is 0 Å². The third kappa shape index (κ3) is 8.71. The first-order valence-electron chi connectivity index (χ1n) is 22.1. The number of morpholine rings is 2. The molecule has 0 bridgehead atoms. The number of rotatable bonds is 12. The maximum atomic E-state index is 13.7. The van der Waals surface area contributed by atoms with E-state index in [1.165, 1.54) is 0 Å². The maximum absolute atomic E-state index is 13.7. The molecule has 2 saturated heterocycles. The van der Waals surface area contributed by atoms with Gasteiger partial charge in [-0.1, -0.05) is 41.9 Å². The highest BCUT2D eigenvalue weighted by atomic mass is 35.5. The number of amides is 2. The van der Waals surface area contributed by atoms with Crippen LogP contribution in [0.15, 0.2) is 104 Å². The number of benzene rings is 2. The lowest BCUT2D eigenvalue weighted by Crippen LogP contribution is -2.36. The van der Waals surface area contributed by atoms with Crippen LogP contribution in [0.1, 0.15) is 58.3 Å². The van der Waals surface area contributed by atoms with Crippen LogP contribution < -0.4 is 25.2 Å². The number of methoxy groups -OCH3 is 1. The summed E-state index contributed by atoms with van der Waals surface area (Å²) in [5.74, 6) is -0.146. The molecule has 18 heteroatoms. The lowest BCUT2D eigenvalue weighted by Gasteiger charge is -2.28. The normalized spacial score (nSPS) is 15.1. The Kier molecular flexibility index (Phi) is 12.2. The monoisotopic (exact) mass is 918 g/mol. The molecular formula is C49H47ClN12O5. The van der Waals surface area contributed by atoms with Crippen LogP contribution in [0.2, 0.25) is 5.02 Å². The molecule has 10 rings (SSSR count). The Labute approximate surface area is 390 Å². The van der Waals surface area contributed by atoms with Crippen molar-refractivity contribution in [3.05, 3.63) is 132 Å². The van der Waals surface area contributed by atoms with Crippen molar-refractivity contribution in [1.82, 2.24) is 50.1 Å². The van der Waals surface area contributed by atoms with E-state index in [1.54, 1.807) is 31.9 Å². The molecule has 3 N–H and O–H groups in total. The molecule has 0 radical (unpaired) electrons. The van der Waals surface area contributed by atoms with Crippen molar-refractivity contribution in [2.24, 2.45) is 0 Å². The summed E-state index contributed by atoms with van der Waals surface area (Å²) in [5.41, 5.74) is 8.63. The Balaban J connectivity index is 0.903. The number of pyridine rings is 2. The predicted octanol–water partition coefficient (Wildman–Crippen LogP) is 7.13. The van der Waals surface area contributed by atoms with Gasteiger partial charge in [0.2, 0.25) is 11.6 Å². The van der Waals surface area contributed by atoms with E-state index in [4.69, 9.17) is 30.8 Å². The zero-order valence-corrected chi connectivity index (χ0v) is 37.8. The fourth-order valence-electron chi connectivity index (χ4n) is 8.66. The number of H-pyrrole nitrogens is 1. The van der Waals surface area contributed by atoms with Gasteiger partial charge in [0.25, 0.3) is 11.8 Å². The Morgan fingerprint density at radius 1 is 0.687 bits per heavy atom. The van der Waals surface area contributed by atoms with Crippen LogP contribution in [-0.4, -0.2) is 111 Å². The molecule has 2 atom stereocenters. The summed E-state index contributed by atoms with van der Waals surface area (Å²) in [5, 5.41) is 8.21. The zero-order valence-electron chi connectivity index (χ0n) is 37.1. The van der Waals surface area contributed by atoms with Crippen LogP contribution in [0.4, 0.5) is 11.4 Å². The highest BCUT2D eigenvalue weighted by Crippen LogP contribution is 2.38. The van der Waals surface area contributed by atoms with Crippen LogP contribution in [0.25, 0.3) is 50.0 Å². The van der Waals surface area contributed by atoms with Crippen LogP contribution in [-0.2, 0) is 9.47 Å². The topological polar surface area (TPSA) is 190 Å². The number of aromatic nitrogens is 8. The van der Waals surface area contributed by atoms with Crippen LogP contribution in [0.3, 0.4) is 0 Å². The van der Waals surface area contributed by atoms with Gasteiger partial charge in [-0.25, -0.2) is 29.9 Å². The van der Waals surface area contributed by atoms with Gasteiger partial charge in [0.1, 0.15) is 17.0 Å². The summed E-state index contributed by atoms with van der Waals surface area (Å²) in [6.07, 6.45) is 14.1. The number of ether oxygens (including phenoxy) is 3. The first-order valence-corrected chi connectivity index (χ1v) is 22.4. The van der Waals surface area contributed by atoms with Gasteiger partial charge in [-0.15, -0.1) is 0 Å². The second kappa shape index (κ2) is 18.8. The number of hydrogen-bond donors (Lipinski definition) is 3. The number of carbonyl (C=O) groups excluding carboxylic acids is 2. The van der Waals surface area contributed by atoms with Gasteiger partial charge in [0.15, 0.2) is 0 Å². The number of nitrogens with zero attached hydrogens (tertiary/aromatic N) is 9. The summed E-state index contributed by atoms with van der Waals surface area (Å²) in [7, 11) is 1.60. The highest BCUT2D eigenvalue weighted by molar-refractivity contribution is 6.33.